The van der Waals surface area contributed by atoms with Crippen molar-refractivity contribution in [3.63, 3.8) is 0 Å². The van der Waals surface area contributed by atoms with Gasteiger partial charge in [0.05, 0.1) is 26.4 Å². The second kappa shape index (κ2) is 11.6. The lowest BCUT2D eigenvalue weighted by molar-refractivity contribution is -0.192. The highest BCUT2D eigenvalue weighted by molar-refractivity contribution is 7.09. The van der Waals surface area contributed by atoms with Gasteiger partial charge < -0.3 is 19.9 Å². The van der Waals surface area contributed by atoms with Crippen molar-refractivity contribution in [3.8, 4) is 0 Å². The first-order chi connectivity index (χ1) is 14.2. The predicted molar refractivity (Wildman–Crippen MR) is 102 cm³/mol. The van der Waals surface area contributed by atoms with Gasteiger partial charge in [0.2, 0.25) is 5.91 Å². The molecule has 3 rings (SSSR count). The number of nitrogens with one attached hydrogen (secondary N) is 1. The first-order valence-electron chi connectivity index (χ1n) is 9.45. The monoisotopic (exact) mass is 453 g/mol. The summed E-state index contributed by atoms with van der Waals surface area (Å²) in [5.74, 6) is -1.24. The van der Waals surface area contributed by atoms with E-state index in [0.717, 1.165) is 26.2 Å². The average Bonchev–Trinajstić information content (AvgIpc) is 3.32. The number of alkyl halides is 3. The quantitative estimate of drug-likeness (QED) is 0.605. The van der Waals surface area contributed by atoms with Crippen molar-refractivity contribution in [1.82, 2.24) is 15.2 Å². The number of carboxylic acid groups (broad SMARTS) is 1. The zero-order valence-electron chi connectivity index (χ0n) is 16.6. The fraction of sp³-hybridized carbons (Fsp3) is 0.722. The summed E-state index contributed by atoms with van der Waals surface area (Å²) in [4.78, 5) is 27.8. The summed E-state index contributed by atoms with van der Waals surface area (Å²) in [5.41, 5.74) is 0. The first kappa shape index (κ1) is 24.5. The molecule has 170 valence electrons. The van der Waals surface area contributed by atoms with Gasteiger partial charge in [0.1, 0.15) is 5.01 Å². The van der Waals surface area contributed by atoms with Crippen LogP contribution >= 0.6 is 11.3 Å². The Morgan fingerprint density at radius 3 is 2.73 bits per heavy atom. The molecule has 0 bridgehead atoms. The van der Waals surface area contributed by atoms with E-state index in [0.29, 0.717) is 43.9 Å². The van der Waals surface area contributed by atoms with Crippen molar-refractivity contribution < 1.29 is 37.3 Å². The molecule has 2 N–H and O–H groups in total. The van der Waals surface area contributed by atoms with Gasteiger partial charge in [-0.2, -0.15) is 13.2 Å². The molecule has 0 radical (unpaired) electrons. The standard InChI is InChI=1S/C16H25N3O3S.C2HF3O2/c1-21-4-2-17-15(20)6-12-10-22-11-13-7-19(8-14(12)13)9-16-18-3-5-23-16;3-2(4,5)1(6)7/h3,5,12-14H,2,4,6-11H2,1H3,(H,17,20);(H,6,7)/t12-,13-,14+;/m1./s1. The molecule has 1 amide bonds. The Balaban J connectivity index is 0.000000396. The maximum absolute atomic E-state index is 12.1. The van der Waals surface area contributed by atoms with Crippen molar-refractivity contribution in [3.05, 3.63) is 16.6 Å². The summed E-state index contributed by atoms with van der Waals surface area (Å²) in [5, 5.41) is 13.2. The highest BCUT2D eigenvalue weighted by atomic mass is 32.1. The molecule has 0 saturated carbocycles. The first-order valence-corrected chi connectivity index (χ1v) is 10.3. The number of hydrogen-bond donors (Lipinski definition) is 2. The molecule has 2 fully saturated rings. The molecule has 0 aliphatic carbocycles. The molecule has 2 aliphatic rings. The number of nitrogens with zero attached hydrogens (tertiary/aromatic N) is 2. The predicted octanol–water partition coefficient (Wildman–Crippen LogP) is 1.62. The van der Waals surface area contributed by atoms with Gasteiger partial charge in [-0.15, -0.1) is 11.3 Å². The molecule has 12 heteroatoms. The number of methoxy groups -OCH3 is 1. The number of hydrogen-bond acceptors (Lipinski definition) is 7. The van der Waals surface area contributed by atoms with Gasteiger partial charge >= 0.3 is 12.1 Å². The Hall–Kier alpha value is -1.76. The van der Waals surface area contributed by atoms with Crippen LogP contribution in [-0.2, 0) is 25.6 Å². The summed E-state index contributed by atoms with van der Waals surface area (Å²) in [6.07, 6.45) is -2.67. The molecule has 0 aromatic carbocycles. The minimum Gasteiger partial charge on any atom is -0.475 e. The van der Waals surface area contributed by atoms with Crippen LogP contribution in [-0.4, -0.2) is 79.6 Å². The van der Waals surface area contributed by atoms with Crippen LogP contribution in [0.1, 0.15) is 11.4 Å². The van der Waals surface area contributed by atoms with Gasteiger partial charge in [-0.3, -0.25) is 9.69 Å². The van der Waals surface area contributed by atoms with Crippen LogP contribution in [0.4, 0.5) is 13.2 Å². The van der Waals surface area contributed by atoms with Crippen molar-refractivity contribution in [1.29, 1.82) is 0 Å². The highest BCUT2D eigenvalue weighted by Crippen LogP contribution is 2.36. The van der Waals surface area contributed by atoms with Crippen LogP contribution in [0.3, 0.4) is 0 Å². The van der Waals surface area contributed by atoms with E-state index in [-0.39, 0.29) is 5.91 Å². The van der Waals surface area contributed by atoms with Gasteiger partial charge in [0, 0.05) is 44.7 Å². The molecular weight excluding hydrogens is 427 g/mol. The number of carbonyl (C=O) groups excluding carboxylic acids is 1. The van der Waals surface area contributed by atoms with E-state index in [1.807, 2.05) is 11.6 Å². The maximum atomic E-state index is 12.1. The molecule has 2 saturated heterocycles. The Kier molecular flexibility index (Phi) is 9.46. The van der Waals surface area contributed by atoms with E-state index in [1.54, 1.807) is 18.4 Å². The van der Waals surface area contributed by atoms with Crippen LogP contribution < -0.4 is 5.32 Å². The van der Waals surface area contributed by atoms with E-state index >= 15 is 0 Å². The topological polar surface area (TPSA) is 101 Å². The zero-order chi connectivity index (χ0) is 22.1. The minimum absolute atomic E-state index is 0.106. The van der Waals surface area contributed by atoms with Crippen LogP contribution in [0.25, 0.3) is 0 Å². The number of thiazole rings is 1. The molecular formula is C18H26F3N3O5S. The van der Waals surface area contributed by atoms with Crippen molar-refractivity contribution >= 4 is 23.2 Å². The summed E-state index contributed by atoms with van der Waals surface area (Å²) in [6.45, 7) is 5.66. The second-order valence-electron chi connectivity index (χ2n) is 7.19. The third kappa shape index (κ3) is 7.82. The molecule has 3 atom stereocenters. The molecule has 2 aliphatic heterocycles. The van der Waals surface area contributed by atoms with Gasteiger partial charge in [0.25, 0.3) is 0 Å². The van der Waals surface area contributed by atoms with Crippen molar-refractivity contribution in [2.24, 2.45) is 17.8 Å². The van der Waals surface area contributed by atoms with E-state index in [2.05, 4.69) is 15.2 Å². The fourth-order valence-corrected chi connectivity index (χ4v) is 4.32. The second-order valence-corrected chi connectivity index (χ2v) is 8.17. The third-order valence-corrected chi connectivity index (χ3v) is 5.76. The Bertz CT molecular complexity index is 675. The van der Waals surface area contributed by atoms with Crippen LogP contribution in [0, 0.1) is 17.8 Å². The molecule has 1 aromatic rings. The van der Waals surface area contributed by atoms with Crippen molar-refractivity contribution in [2.45, 2.75) is 19.1 Å². The SMILES string of the molecule is COCCNC(=O)C[C@@H]1COC[C@H]2CN(Cc3nccs3)C[C@@H]12.O=C(O)C(F)(F)F. The van der Waals surface area contributed by atoms with E-state index in [1.165, 1.54) is 5.01 Å². The van der Waals surface area contributed by atoms with E-state index < -0.39 is 12.1 Å². The summed E-state index contributed by atoms with van der Waals surface area (Å²) >= 11 is 1.71. The Morgan fingerprint density at radius 2 is 2.13 bits per heavy atom. The minimum atomic E-state index is -5.08. The van der Waals surface area contributed by atoms with Gasteiger partial charge in [-0.25, -0.2) is 9.78 Å². The zero-order valence-corrected chi connectivity index (χ0v) is 17.4. The van der Waals surface area contributed by atoms with E-state index in [9.17, 15) is 18.0 Å². The molecule has 0 unspecified atom stereocenters. The smallest absolute Gasteiger partial charge is 0.475 e. The number of carboxylic acids is 1. The van der Waals surface area contributed by atoms with E-state index in [4.69, 9.17) is 19.4 Å². The van der Waals surface area contributed by atoms with Crippen molar-refractivity contribution in [2.75, 3.05) is 46.6 Å². The largest absolute Gasteiger partial charge is 0.490 e. The lowest BCUT2D eigenvalue weighted by atomic mass is 9.81. The number of rotatable bonds is 7. The lowest BCUT2D eigenvalue weighted by Crippen LogP contribution is -2.38. The molecule has 0 spiro atoms. The maximum Gasteiger partial charge on any atom is 0.490 e. The number of amides is 1. The average molecular weight is 453 g/mol. The molecule has 8 nitrogen and oxygen atoms in total. The Morgan fingerprint density at radius 1 is 1.40 bits per heavy atom. The summed E-state index contributed by atoms with van der Waals surface area (Å²) in [6, 6.07) is 0. The third-order valence-electron chi connectivity index (χ3n) is 5.00. The highest BCUT2D eigenvalue weighted by Gasteiger charge is 2.41. The molecule has 3 heterocycles. The molecule has 30 heavy (non-hydrogen) atoms. The van der Waals surface area contributed by atoms with Gasteiger partial charge in [0.15, 0.2) is 0 Å². The molecule has 1 aromatic heterocycles. The number of aliphatic carboxylic acids is 1. The van der Waals surface area contributed by atoms with Crippen LogP contribution in [0.2, 0.25) is 0 Å². The number of ether oxygens (including phenoxy) is 2. The number of aromatic nitrogens is 1. The van der Waals surface area contributed by atoms with Crippen LogP contribution in [0.15, 0.2) is 11.6 Å². The van der Waals surface area contributed by atoms with Crippen LogP contribution in [0.5, 0.6) is 0 Å². The number of likely N-dealkylation sites (tertiary alicyclic amines) is 1. The Labute approximate surface area is 176 Å². The summed E-state index contributed by atoms with van der Waals surface area (Å²) < 4.78 is 42.5. The fourth-order valence-electron chi connectivity index (χ4n) is 3.66. The number of fused-ring (bicyclic) bond motifs is 1. The normalized spacial score (nSPS) is 23.9. The number of carbonyl (C=O) groups is 2. The number of halogens is 3. The van der Waals surface area contributed by atoms with Gasteiger partial charge in [-0.05, 0) is 17.8 Å². The summed E-state index contributed by atoms with van der Waals surface area (Å²) in [7, 11) is 1.64. The lowest BCUT2D eigenvalue weighted by Gasteiger charge is -2.32. The van der Waals surface area contributed by atoms with Gasteiger partial charge in [-0.1, -0.05) is 0 Å².